The Kier molecular flexibility index (Phi) is 3.76. The highest BCUT2D eigenvalue weighted by atomic mass is 16.3. The Morgan fingerprint density at radius 1 is 1.06 bits per heavy atom. The molecule has 0 aliphatic rings. The SMILES string of the molecule is CCCNCc1oc2c(C)c(C)cc(C)c2c1C. The van der Waals surface area contributed by atoms with Gasteiger partial charge in [-0.25, -0.2) is 0 Å². The lowest BCUT2D eigenvalue weighted by atomic mass is 10.00. The molecule has 98 valence electrons. The van der Waals surface area contributed by atoms with Gasteiger partial charge >= 0.3 is 0 Å². The van der Waals surface area contributed by atoms with Gasteiger partial charge in [-0.2, -0.15) is 0 Å². The second-order valence-electron chi connectivity index (χ2n) is 5.17. The molecule has 18 heavy (non-hydrogen) atoms. The van der Waals surface area contributed by atoms with Gasteiger partial charge in [0.05, 0.1) is 6.54 Å². The average molecular weight is 245 g/mol. The summed E-state index contributed by atoms with van der Waals surface area (Å²) in [4.78, 5) is 0. The first-order chi connectivity index (χ1) is 8.56. The quantitative estimate of drug-likeness (QED) is 0.818. The number of aryl methyl sites for hydroxylation is 4. The number of hydrogen-bond donors (Lipinski definition) is 1. The summed E-state index contributed by atoms with van der Waals surface area (Å²) >= 11 is 0. The molecule has 0 saturated carbocycles. The van der Waals surface area contributed by atoms with Gasteiger partial charge in [-0.1, -0.05) is 13.0 Å². The van der Waals surface area contributed by atoms with Crippen molar-refractivity contribution in [3.05, 3.63) is 34.1 Å². The number of hydrogen-bond acceptors (Lipinski definition) is 2. The molecule has 0 atom stereocenters. The first-order valence-electron chi connectivity index (χ1n) is 6.75. The van der Waals surface area contributed by atoms with Crippen molar-refractivity contribution in [1.29, 1.82) is 0 Å². The van der Waals surface area contributed by atoms with Crippen molar-refractivity contribution in [2.75, 3.05) is 6.54 Å². The predicted octanol–water partition coefficient (Wildman–Crippen LogP) is 4.17. The van der Waals surface area contributed by atoms with Crippen LogP contribution in [-0.2, 0) is 6.54 Å². The number of rotatable bonds is 4. The molecular weight excluding hydrogens is 222 g/mol. The Balaban J connectivity index is 2.49. The summed E-state index contributed by atoms with van der Waals surface area (Å²) in [5.41, 5.74) is 6.24. The molecule has 0 fully saturated rings. The van der Waals surface area contributed by atoms with Crippen molar-refractivity contribution < 1.29 is 4.42 Å². The molecule has 2 heteroatoms. The lowest BCUT2D eigenvalue weighted by Gasteiger charge is -2.03. The van der Waals surface area contributed by atoms with Crippen molar-refractivity contribution in [3.8, 4) is 0 Å². The third kappa shape index (κ3) is 2.17. The molecular formula is C16H23NO. The van der Waals surface area contributed by atoms with Gasteiger partial charge < -0.3 is 9.73 Å². The fourth-order valence-corrected chi connectivity index (χ4v) is 2.53. The first-order valence-corrected chi connectivity index (χ1v) is 6.75. The maximum atomic E-state index is 6.08. The summed E-state index contributed by atoms with van der Waals surface area (Å²) < 4.78 is 6.08. The molecule has 0 radical (unpaired) electrons. The molecule has 0 bridgehead atoms. The van der Waals surface area contributed by atoms with Crippen LogP contribution in [0.15, 0.2) is 10.5 Å². The fourth-order valence-electron chi connectivity index (χ4n) is 2.53. The molecule has 0 saturated heterocycles. The lowest BCUT2D eigenvalue weighted by molar-refractivity contribution is 0.508. The number of furan rings is 1. The second-order valence-corrected chi connectivity index (χ2v) is 5.17. The monoisotopic (exact) mass is 245 g/mol. The minimum absolute atomic E-state index is 0.826. The van der Waals surface area contributed by atoms with E-state index in [9.17, 15) is 0 Å². The summed E-state index contributed by atoms with van der Waals surface area (Å²) in [6, 6.07) is 2.25. The molecule has 1 N–H and O–H groups in total. The molecule has 0 unspecified atom stereocenters. The maximum Gasteiger partial charge on any atom is 0.138 e. The van der Waals surface area contributed by atoms with Gasteiger partial charge in [-0.05, 0) is 62.9 Å². The third-order valence-electron chi connectivity index (χ3n) is 3.72. The van der Waals surface area contributed by atoms with E-state index in [1.165, 1.54) is 27.6 Å². The van der Waals surface area contributed by atoms with Gasteiger partial charge in [0.25, 0.3) is 0 Å². The van der Waals surface area contributed by atoms with Gasteiger partial charge in [0.2, 0.25) is 0 Å². The fraction of sp³-hybridized carbons (Fsp3) is 0.500. The molecule has 1 heterocycles. The summed E-state index contributed by atoms with van der Waals surface area (Å²) in [5, 5.41) is 4.71. The minimum Gasteiger partial charge on any atom is -0.459 e. The van der Waals surface area contributed by atoms with Crippen molar-refractivity contribution in [3.63, 3.8) is 0 Å². The molecule has 0 amide bonds. The third-order valence-corrected chi connectivity index (χ3v) is 3.72. The molecule has 0 aliphatic carbocycles. The zero-order valence-corrected chi connectivity index (χ0v) is 12.1. The largest absolute Gasteiger partial charge is 0.459 e. The normalized spacial score (nSPS) is 11.4. The van der Waals surface area contributed by atoms with Gasteiger partial charge in [0.1, 0.15) is 11.3 Å². The van der Waals surface area contributed by atoms with Gasteiger partial charge in [-0.15, -0.1) is 0 Å². The Labute approximate surface area is 109 Å². The van der Waals surface area contributed by atoms with Gasteiger partial charge in [-0.3, -0.25) is 0 Å². The maximum absolute atomic E-state index is 6.08. The summed E-state index contributed by atoms with van der Waals surface area (Å²) in [5.74, 6) is 1.08. The van der Waals surface area contributed by atoms with E-state index in [-0.39, 0.29) is 0 Å². The van der Waals surface area contributed by atoms with Crippen LogP contribution in [0.4, 0.5) is 0 Å². The molecule has 0 spiro atoms. The molecule has 2 aromatic rings. The van der Waals surface area contributed by atoms with Crippen molar-refractivity contribution in [1.82, 2.24) is 5.32 Å². The van der Waals surface area contributed by atoms with E-state index >= 15 is 0 Å². The number of fused-ring (bicyclic) bond motifs is 1. The Morgan fingerprint density at radius 2 is 1.78 bits per heavy atom. The van der Waals surface area contributed by atoms with Crippen LogP contribution < -0.4 is 5.32 Å². The van der Waals surface area contributed by atoms with E-state index in [0.29, 0.717) is 0 Å². The highest BCUT2D eigenvalue weighted by Gasteiger charge is 2.15. The van der Waals surface area contributed by atoms with Crippen LogP contribution >= 0.6 is 0 Å². The Morgan fingerprint density at radius 3 is 2.44 bits per heavy atom. The summed E-state index contributed by atoms with van der Waals surface area (Å²) in [6.45, 7) is 12.7. The zero-order chi connectivity index (χ0) is 13.3. The van der Waals surface area contributed by atoms with E-state index in [1.807, 2.05) is 0 Å². The zero-order valence-electron chi connectivity index (χ0n) is 12.1. The van der Waals surface area contributed by atoms with Crippen LogP contribution in [0.2, 0.25) is 0 Å². The minimum atomic E-state index is 0.826. The first kappa shape index (κ1) is 13.2. The second kappa shape index (κ2) is 5.15. The molecule has 1 aromatic carbocycles. The van der Waals surface area contributed by atoms with Crippen LogP contribution in [0.5, 0.6) is 0 Å². The highest BCUT2D eigenvalue weighted by Crippen LogP contribution is 2.32. The Bertz CT molecular complexity index is 566. The number of benzene rings is 1. The van der Waals surface area contributed by atoms with Gasteiger partial charge in [0, 0.05) is 5.39 Å². The van der Waals surface area contributed by atoms with Crippen LogP contribution in [0.3, 0.4) is 0 Å². The van der Waals surface area contributed by atoms with Crippen LogP contribution in [0.1, 0.15) is 41.4 Å². The van der Waals surface area contributed by atoms with Crippen LogP contribution in [0, 0.1) is 27.7 Å². The summed E-state index contributed by atoms with van der Waals surface area (Å²) in [6.07, 6.45) is 1.15. The van der Waals surface area contributed by atoms with E-state index < -0.39 is 0 Å². The van der Waals surface area contributed by atoms with E-state index in [1.54, 1.807) is 0 Å². The van der Waals surface area contributed by atoms with Crippen molar-refractivity contribution >= 4 is 11.0 Å². The van der Waals surface area contributed by atoms with Crippen LogP contribution in [0.25, 0.3) is 11.0 Å². The van der Waals surface area contributed by atoms with E-state index in [2.05, 4.69) is 46.0 Å². The molecule has 2 rings (SSSR count). The lowest BCUT2D eigenvalue weighted by Crippen LogP contribution is -2.13. The smallest absolute Gasteiger partial charge is 0.138 e. The molecule has 2 nitrogen and oxygen atoms in total. The Hall–Kier alpha value is -1.28. The topological polar surface area (TPSA) is 25.2 Å². The van der Waals surface area contributed by atoms with E-state index in [4.69, 9.17) is 4.42 Å². The average Bonchev–Trinajstić information content (AvgIpc) is 2.65. The summed E-state index contributed by atoms with van der Waals surface area (Å²) in [7, 11) is 0. The highest BCUT2D eigenvalue weighted by molar-refractivity contribution is 5.88. The number of nitrogens with one attached hydrogen (secondary N) is 1. The predicted molar refractivity (Wildman–Crippen MR) is 77.2 cm³/mol. The standard InChI is InChI=1S/C16H23NO/c1-6-7-17-9-14-13(5)15-11(3)8-10(2)12(4)16(15)18-14/h8,17H,6-7,9H2,1-5H3. The van der Waals surface area contributed by atoms with Gasteiger partial charge in [0.15, 0.2) is 0 Å². The van der Waals surface area contributed by atoms with Crippen molar-refractivity contribution in [2.24, 2.45) is 0 Å². The van der Waals surface area contributed by atoms with Crippen LogP contribution in [-0.4, -0.2) is 6.54 Å². The molecule has 1 aromatic heterocycles. The molecule has 0 aliphatic heterocycles. The van der Waals surface area contributed by atoms with E-state index in [0.717, 1.165) is 30.9 Å². The van der Waals surface area contributed by atoms with Crippen molar-refractivity contribution in [2.45, 2.75) is 47.6 Å².